The van der Waals surface area contributed by atoms with Crippen molar-refractivity contribution in [3.05, 3.63) is 69.6 Å². The fourth-order valence-electron chi connectivity index (χ4n) is 3.01. The number of rotatable bonds is 6. The van der Waals surface area contributed by atoms with Crippen molar-refractivity contribution >= 4 is 34.5 Å². The first-order valence-corrected chi connectivity index (χ1v) is 10.1. The van der Waals surface area contributed by atoms with Gasteiger partial charge in [0.25, 0.3) is 0 Å². The number of anilines is 1. The van der Waals surface area contributed by atoms with Crippen molar-refractivity contribution in [2.24, 2.45) is 4.99 Å². The van der Waals surface area contributed by atoms with Crippen LogP contribution in [0.25, 0.3) is 10.4 Å². The summed E-state index contributed by atoms with van der Waals surface area (Å²) in [4.78, 5) is 28.5. The topological polar surface area (TPSA) is 113 Å². The molecule has 0 aliphatic heterocycles. The van der Waals surface area contributed by atoms with Gasteiger partial charge in [-0.05, 0) is 55.7 Å². The van der Waals surface area contributed by atoms with Crippen LogP contribution in [0.5, 0.6) is 5.75 Å². The molecule has 0 saturated heterocycles. The molecule has 1 heterocycles. The Morgan fingerprint density at radius 1 is 1.07 bits per heavy atom. The number of Topliss-reactive ketones (excluding diaryl/α,β-unsaturated/α-hetero) is 1. The summed E-state index contributed by atoms with van der Waals surface area (Å²) in [5, 5.41) is 21.5. The van der Waals surface area contributed by atoms with Gasteiger partial charge >= 0.3 is 5.97 Å². The van der Waals surface area contributed by atoms with E-state index in [9.17, 15) is 14.7 Å². The number of aryl methyl sites for hydroxylation is 2. The average Bonchev–Trinajstić information content (AvgIpc) is 3.09. The van der Waals surface area contributed by atoms with Gasteiger partial charge in [-0.25, -0.2) is 4.79 Å². The molecule has 2 aromatic carbocycles. The number of carbonyl (C=O) groups excluding carboxylic acids is 1. The predicted molar refractivity (Wildman–Crippen MR) is 120 cm³/mol. The fraction of sp³-hybridized carbons (Fsp3) is 0.174. The van der Waals surface area contributed by atoms with Crippen LogP contribution in [0.15, 0.2) is 46.8 Å². The molecule has 0 spiro atoms. The Bertz CT molecular complexity index is 1180. The number of aromatic hydroxyl groups is 1. The van der Waals surface area contributed by atoms with E-state index in [0.717, 1.165) is 16.0 Å². The highest BCUT2D eigenvalue weighted by atomic mass is 32.1. The summed E-state index contributed by atoms with van der Waals surface area (Å²) in [7, 11) is 0. The molecule has 0 atom stereocenters. The second kappa shape index (κ2) is 8.51. The Kier molecular flexibility index (Phi) is 6.03. The van der Waals surface area contributed by atoms with Crippen molar-refractivity contribution in [2.45, 2.75) is 20.8 Å². The van der Waals surface area contributed by atoms with Crippen LogP contribution < -0.4 is 5.73 Å². The Hall–Kier alpha value is -3.45. The molecule has 3 rings (SSSR count). The molecule has 0 aliphatic rings. The molecule has 0 fully saturated rings. The van der Waals surface area contributed by atoms with Gasteiger partial charge in [0, 0.05) is 27.9 Å². The number of hydrogen-bond acceptors (Lipinski definition) is 6. The zero-order chi connectivity index (χ0) is 22.0. The molecular formula is C23H22N2O4S. The van der Waals surface area contributed by atoms with E-state index in [1.807, 2.05) is 37.4 Å². The quantitative estimate of drug-likeness (QED) is 0.302. The highest BCUT2D eigenvalue weighted by Crippen LogP contribution is 2.39. The number of ketones is 1. The maximum Gasteiger partial charge on any atom is 0.335 e. The zero-order valence-electron chi connectivity index (χ0n) is 16.9. The Balaban J connectivity index is 1.81. The van der Waals surface area contributed by atoms with Gasteiger partial charge in [0.05, 0.1) is 10.4 Å². The molecule has 1 aromatic heterocycles. The molecule has 7 heteroatoms. The third-order valence-corrected chi connectivity index (χ3v) is 6.00. The van der Waals surface area contributed by atoms with Gasteiger partial charge in [0.1, 0.15) is 12.3 Å². The van der Waals surface area contributed by atoms with Crippen molar-refractivity contribution in [3.8, 4) is 16.2 Å². The molecule has 0 unspecified atom stereocenters. The van der Waals surface area contributed by atoms with Crippen LogP contribution in [0, 0.1) is 13.8 Å². The summed E-state index contributed by atoms with van der Waals surface area (Å²) in [5.41, 5.74) is 10.5. The molecule has 0 amide bonds. The summed E-state index contributed by atoms with van der Waals surface area (Å²) >= 11 is 1.42. The van der Waals surface area contributed by atoms with E-state index in [4.69, 9.17) is 10.8 Å². The lowest BCUT2D eigenvalue weighted by Crippen LogP contribution is -2.10. The van der Waals surface area contributed by atoms with Gasteiger partial charge in [-0.3, -0.25) is 9.79 Å². The van der Waals surface area contributed by atoms with Crippen molar-refractivity contribution in [3.63, 3.8) is 0 Å². The van der Waals surface area contributed by atoms with Gasteiger partial charge < -0.3 is 15.9 Å². The van der Waals surface area contributed by atoms with E-state index in [1.165, 1.54) is 35.1 Å². The van der Waals surface area contributed by atoms with Crippen LogP contribution >= 0.6 is 11.3 Å². The predicted octanol–water partition coefficient (Wildman–Crippen LogP) is 4.71. The van der Waals surface area contributed by atoms with E-state index in [2.05, 4.69) is 4.99 Å². The van der Waals surface area contributed by atoms with E-state index < -0.39 is 5.97 Å². The maximum absolute atomic E-state index is 12.5. The van der Waals surface area contributed by atoms with Gasteiger partial charge in [0.2, 0.25) is 0 Å². The molecule has 0 bridgehead atoms. The standard InChI is InChI=1S/C23H22N2O4S/c1-12-4-5-15(8-13(12)2)22-21(27)18(11-30-22)14(3)25-10-20(26)17-7-6-16(23(28)29)9-19(17)24/h4-9,11,27H,10,24H2,1-3H3,(H,28,29). The summed E-state index contributed by atoms with van der Waals surface area (Å²) < 4.78 is 0. The van der Waals surface area contributed by atoms with Crippen LogP contribution in [0.3, 0.4) is 0 Å². The van der Waals surface area contributed by atoms with Crippen LogP contribution in [-0.4, -0.2) is 34.2 Å². The van der Waals surface area contributed by atoms with E-state index in [0.29, 0.717) is 11.3 Å². The Morgan fingerprint density at radius 2 is 1.80 bits per heavy atom. The highest BCUT2D eigenvalue weighted by molar-refractivity contribution is 7.14. The van der Waals surface area contributed by atoms with Crippen molar-refractivity contribution in [1.29, 1.82) is 0 Å². The monoisotopic (exact) mass is 422 g/mol. The second-order valence-electron chi connectivity index (χ2n) is 7.06. The summed E-state index contributed by atoms with van der Waals surface area (Å²) in [5.74, 6) is -1.29. The summed E-state index contributed by atoms with van der Waals surface area (Å²) in [6.45, 7) is 5.64. The minimum atomic E-state index is -1.11. The van der Waals surface area contributed by atoms with Crippen molar-refractivity contribution in [1.82, 2.24) is 0 Å². The number of carboxylic acid groups (broad SMARTS) is 1. The van der Waals surface area contributed by atoms with Crippen molar-refractivity contribution < 1.29 is 19.8 Å². The summed E-state index contributed by atoms with van der Waals surface area (Å²) in [6, 6.07) is 10.0. The SMILES string of the molecule is CC(=NCC(=O)c1ccc(C(=O)O)cc1N)c1csc(-c2ccc(C)c(C)c2)c1O. The number of nitrogens with zero attached hydrogens (tertiary/aromatic N) is 1. The average molecular weight is 423 g/mol. The highest BCUT2D eigenvalue weighted by Gasteiger charge is 2.16. The number of aliphatic imine (C=N–C) groups is 1. The van der Waals surface area contributed by atoms with Crippen LogP contribution in [-0.2, 0) is 0 Å². The fourth-order valence-corrected chi connectivity index (χ4v) is 4.01. The summed E-state index contributed by atoms with van der Waals surface area (Å²) in [6.07, 6.45) is 0. The van der Waals surface area contributed by atoms with Gasteiger partial charge in [-0.2, -0.15) is 0 Å². The number of nitrogens with two attached hydrogens (primary N) is 1. The van der Waals surface area contributed by atoms with Crippen molar-refractivity contribution in [2.75, 3.05) is 12.3 Å². The molecular weight excluding hydrogens is 400 g/mol. The van der Waals surface area contributed by atoms with Crippen LogP contribution in [0.4, 0.5) is 5.69 Å². The normalized spacial score (nSPS) is 11.5. The molecule has 4 N–H and O–H groups in total. The molecule has 6 nitrogen and oxygen atoms in total. The first-order chi connectivity index (χ1) is 14.2. The Labute approximate surface area is 178 Å². The maximum atomic E-state index is 12.5. The molecule has 30 heavy (non-hydrogen) atoms. The number of aromatic carboxylic acids is 1. The third kappa shape index (κ3) is 4.26. The molecule has 0 aliphatic carbocycles. The van der Waals surface area contributed by atoms with Gasteiger partial charge in [-0.1, -0.05) is 18.2 Å². The third-order valence-electron chi connectivity index (χ3n) is 4.98. The van der Waals surface area contributed by atoms with Gasteiger partial charge in [0.15, 0.2) is 5.78 Å². The number of benzene rings is 2. The zero-order valence-corrected chi connectivity index (χ0v) is 17.7. The van der Waals surface area contributed by atoms with Gasteiger partial charge in [-0.15, -0.1) is 11.3 Å². The lowest BCUT2D eigenvalue weighted by atomic mass is 10.0. The van der Waals surface area contributed by atoms with E-state index in [-0.39, 0.29) is 34.9 Å². The largest absolute Gasteiger partial charge is 0.506 e. The molecule has 154 valence electrons. The second-order valence-corrected chi connectivity index (χ2v) is 7.94. The number of nitrogen functional groups attached to an aromatic ring is 1. The minimum Gasteiger partial charge on any atom is -0.506 e. The number of thiophene rings is 1. The first-order valence-electron chi connectivity index (χ1n) is 9.24. The lowest BCUT2D eigenvalue weighted by molar-refractivity contribution is 0.0696. The van der Waals surface area contributed by atoms with Crippen LogP contribution in [0.2, 0.25) is 0 Å². The molecule has 3 aromatic rings. The first kappa shape index (κ1) is 21.3. The van der Waals surface area contributed by atoms with Crippen LogP contribution in [0.1, 0.15) is 44.3 Å². The number of carbonyl (C=O) groups is 2. The smallest absolute Gasteiger partial charge is 0.335 e. The molecule has 0 radical (unpaired) electrons. The Morgan fingerprint density at radius 3 is 2.43 bits per heavy atom. The van der Waals surface area contributed by atoms with E-state index >= 15 is 0 Å². The number of carboxylic acids is 1. The number of hydrogen-bond donors (Lipinski definition) is 3. The minimum absolute atomic E-state index is 0.0193. The lowest BCUT2D eigenvalue weighted by Gasteiger charge is -2.06. The molecule has 0 saturated carbocycles. The van der Waals surface area contributed by atoms with E-state index in [1.54, 1.807) is 6.92 Å².